The molecule has 1 aromatic carbocycles. The van der Waals surface area contributed by atoms with Gasteiger partial charge in [0.05, 0.1) is 37.6 Å². The summed E-state index contributed by atoms with van der Waals surface area (Å²) >= 11 is 0. The molecule has 0 bridgehead atoms. The SMILES string of the molecule is COCCOCCN1CCN(C(=O)[C@]23CC[C@@H](C4(C)CC4)[C@@H]2[C@H]2CC[C@@H]4[C@@]5(C)CC[C@H](OC(=O)[C@H]6C[C@@H](OC(=O)Cc7ccccc7)C6(C)C)C(C)(C)[C@@H]5CC[C@@]4(C)[C@]2(C)CC3)CC1. The molecule has 1 aliphatic heterocycles. The molecule has 0 N–H and O–H groups in total. The zero-order valence-corrected chi connectivity index (χ0v) is 41.3. The van der Waals surface area contributed by atoms with E-state index in [9.17, 15) is 9.59 Å². The third-order valence-electron chi connectivity index (χ3n) is 21.6. The highest BCUT2D eigenvalue weighted by molar-refractivity contribution is 5.84. The lowest BCUT2D eigenvalue weighted by molar-refractivity contribution is -0.253. The van der Waals surface area contributed by atoms with Gasteiger partial charge < -0.3 is 23.8 Å². The molecule has 7 aliphatic carbocycles. The minimum Gasteiger partial charge on any atom is -0.462 e. The van der Waals surface area contributed by atoms with Gasteiger partial charge in [0.25, 0.3) is 0 Å². The minimum atomic E-state index is -0.468. The van der Waals surface area contributed by atoms with E-state index in [-0.39, 0.29) is 63.6 Å². The molecule has 0 radical (unpaired) electrons. The number of piperazine rings is 1. The zero-order chi connectivity index (χ0) is 45.5. The molecule has 9 rings (SSSR count). The van der Waals surface area contributed by atoms with Crippen LogP contribution < -0.4 is 0 Å². The third kappa shape index (κ3) is 7.53. The molecule has 7 saturated carbocycles. The lowest BCUT2D eigenvalue weighted by atomic mass is 9.32. The van der Waals surface area contributed by atoms with E-state index in [1.807, 2.05) is 30.3 Å². The summed E-state index contributed by atoms with van der Waals surface area (Å²) in [6.07, 6.45) is 14.4. The van der Waals surface area contributed by atoms with Crippen molar-refractivity contribution in [2.75, 3.05) is 59.7 Å². The number of ether oxygens (including phenoxy) is 4. The lowest BCUT2D eigenvalue weighted by Gasteiger charge is -2.73. The lowest BCUT2D eigenvalue weighted by Crippen LogP contribution is -2.68. The van der Waals surface area contributed by atoms with Crippen molar-refractivity contribution >= 4 is 17.8 Å². The number of esters is 2. The van der Waals surface area contributed by atoms with E-state index in [0.717, 1.165) is 64.0 Å². The first kappa shape index (κ1) is 46.6. The van der Waals surface area contributed by atoms with E-state index >= 15 is 4.79 Å². The quantitative estimate of drug-likeness (QED) is 0.143. The van der Waals surface area contributed by atoms with Gasteiger partial charge in [-0.25, -0.2) is 0 Å². The third-order valence-corrected chi connectivity index (χ3v) is 21.6. The second-order valence-corrected chi connectivity index (χ2v) is 24.9. The van der Waals surface area contributed by atoms with E-state index in [4.69, 9.17) is 18.9 Å². The van der Waals surface area contributed by atoms with Crippen LogP contribution in [0.4, 0.5) is 0 Å². The second kappa shape index (κ2) is 16.9. The van der Waals surface area contributed by atoms with Gasteiger partial charge in [0.1, 0.15) is 12.2 Å². The van der Waals surface area contributed by atoms with E-state index in [2.05, 4.69) is 65.2 Å². The molecule has 1 saturated heterocycles. The maximum Gasteiger partial charge on any atom is 0.310 e. The Bertz CT molecular complexity index is 1890. The molecule has 9 heteroatoms. The topological polar surface area (TPSA) is 94.6 Å². The number of hydrogen-bond donors (Lipinski definition) is 0. The van der Waals surface area contributed by atoms with Crippen LogP contribution in [-0.2, 0) is 39.8 Å². The summed E-state index contributed by atoms with van der Waals surface area (Å²) in [6, 6.07) is 9.71. The zero-order valence-electron chi connectivity index (χ0n) is 41.3. The van der Waals surface area contributed by atoms with Crippen LogP contribution in [0, 0.1) is 73.4 Å². The van der Waals surface area contributed by atoms with E-state index in [1.165, 1.54) is 51.4 Å². The number of hydrogen-bond acceptors (Lipinski definition) is 8. The van der Waals surface area contributed by atoms with Crippen LogP contribution in [0.25, 0.3) is 0 Å². The first-order chi connectivity index (χ1) is 30.3. The number of methoxy groups -OCH3 is 1. The number of carbonyl (C=O) groups excluding carboxylic acids is 3. The van der Waals surface area contributed by atoms with Crippen LogP contribution in [-0.4, -0.2) is 99.5 Å². The highest BCUT2D eigenvalue weighted by Crippen LogP contribution is 2.79. The summed E-state index contributed by atoms with van der Waals surface area (Å²) in [5, 5.41) is 0. The first-order valence-corrected chi connectivity index (χ1v) is 25.9. The van der Waals surface area contributed by atoms with Crippen LogP contribution in [0.5, 0.6) is 0 Å². The Hall–Kier alpha value is -2.49. The Balaban J connectivity index is 0.871. The van der Waals surface area contributed by atoms with E-state index in [1.54, 1.807) is 7.11 Å². The molecule has 64 heavy (non-hydrogen) atoms. The van der Waals surface area contributed by atoms with Crippen molar-refractivity contribution < 1.29 is 33.3 Å². The second-order valence-electron chi connectivity index (χ2n) is 24.9. The molecule has 8 fully saturated rings. The van der Waals surface area contributed by atoms with Gasteiger partial charge in [-0.05, 0) is 140 Å². The molecule has 1 amide bonds. The number of nitrogens with zero attached hydrogens (tertiary/aromatic N) is 2. The number of carbonyl (C=O) groups is 3. The molecular formula is C55H84N2O7. The summed E-state index contributed by atoms with van der Waals surface area (Å²) in [6.45, 7) is 26.0. The van der Waals surface area contributed by atoms with Crippen molar-refractivity contribution in [1.29, 1.82) is 0 Å². The fourth-order valence-electron chi connectivity index (χ4n) is 17.1. The largest absolute Gasteiger partial charge is 0.462 e. The van der Waals surface area contributed by atoms with Crippen molar-refractivity contribution in [1.82, 2.24) is 9.80 Å². The van der Waals surface area contributed by atoms with Gasteiger partial charge in [0.2, 0.25) is 5.91 Å². The molecule has 1 heterocycles. The highest BCUT2D eigenvalue weighted by atomic mass is 16.6. The fraction of sp³-hybridized carbons (Fsp3) is 0.836. The fourth-order valence-corrected chi connectivity index (χ4v) is 17.1. The number of rotatable bonds is 13. The Labute approximate surface area is 386 Å². The van der Waals surface area contributed by atoms with Crippen LogP contribution in [0.3, 0.4) is 0 Å². The summed E-state index contributed by atoms with van der Waals surface area (Å²) < 4.78 is 23.5. The molecule has 12 atom stereocenters. The van der Waals surface area contributed by atoms with Gasteiger partial charge in [0.15, 0.2) is 0 Å². The van der Waals surface area contributed by atoms with Gasteiger partial charge in [-0.3, -0.25) is 19.3 Å². The average Bonchev–Trinajstić information content (AvgIpc) is 3.88. The predicted octanol–water partition coefficient (Wildman–Crippen LogP) is 9.79. The molecular weight excluding hydrogens is 801 g/mol. The number of fused-ring (bicyclic) bond motifs is 7. The van der Waals surface area contributed by atoms with Crippen LogP contribution in [0.1, 0.15) is 144 Å². The smallest absolute Gasteiger partial charge is 0.310 e. The van der Waals surface area contributed by atoms with E-state index < -0.39 is 5.41 Å². The summed E-state index contributed by atoms with van der Waals surface area (Å²) in [5.74, 6) is 2.67. The van der Waals surface area contributed by atoms with Crippen molar-refractivity contribution in [3.8, 4) is 0 Å². The van der Waals surface area contributed by atoms with Gasteiger partial charge in [-0.15, -0.1) is 0 Å². The number of benzene rings is 1. The first-order valence-electron chi connectivity index (χ1n) is 25.9. The van der Waals surface area contributed by atoms with Gasteiger partial charge in [-0.2, -0.15) is 0 Å². The molecule has 0 aromatic heterocycles. The highest BCUT2D eigenvalue weighted by Gasteiger charge is 2.74. The normalized spacial score (nSPS) is 41.6. The van der Waals surface area contributed by atoms with E-state index in [0.29, 0.717) is 67.2 Å². The maximum atomic E-state index is 15.3. The van der Waals surface area contributed by atoms with Crippen molar-refractivity contribution in [2.24, 2.45) is 73.4 Å². The van der Waals surface area contributed by atoms with Crippen molar-refractivity contribution in [2.45, 2.75) is 157 Å². The standard InChI is InChI=1S/C55H84N2O7/c1-49(2)40(36-44(49)63-45(58)35-37-13-11-10-12-14-37)47(59)64-43-19-20-52(6)41(50(43,3)4)18-21-54(8)42(52)16-15-39-46-38(51(5)23-24-51)17-22-55(46,26-25-53(39,54)7)48(60)57-29-27-56(28-30-57)31-32-62-34-33-61-9/h10-14,38-44,46H,15-36H2,1-9H3/t38-,39-,40-,41+,42-,43+,44-,46-,52+,53-,54-,55+/m1/s1. The molecule has 0 unspecified atom stereocenters. The summed E-state index contributed by atoms with van der Waals surface area (Å²) in [7, 11) is 1.71. The molecule has 9 nitrogen and oxygen atoms in total. The summed E-state index contributed by atoms with van der Waals surface area (Å²) in [5.41, 5.74) is 1.07. The van der Waals surface area contributed by atoms with Crippen LogP contribution in [0.15, 0.2) is 30.3 Å². The van der Waals surface area contributed by atoms with Crippen molar-refractivity contribution in [3.05, 3.63) is 35.9 Å². The Morgan fingerprint density at radius 1 is 0.656 bits per heavy atom. The molecule has 0 spiro atoms. The Kier molecular flexibility index (Phi) is 12.3. The van der Waals surface area contributed by atoms with Gasteiger partial charge in [-0.1, -0.05) is 85.7 Å². The molecule has 356 valence electrons. The van der Waals surface area contributed by atoms with Gasteiger partial charge >= 0.3 is 11.9 Å². The summed E-state index contributed by atoms with van der Waals surface area (Å²) in [4.78, 5) is 47.0. The van der Waals surface area contributed by atoms with Crippen LogP contribution >= 0.6 is 0 Å². The monoisotopic (exact) mass is 885 g/mol. The predicted molar refractivity (Wildman–Crippen MR) is 249 cm³/mol. The maximum absolute atomic E-state index is 15.3. The minimum absolute atomic E-state index is 0.114. The van der Waals surface area contributed by atoms with Crippen molar-refractivity contribution in [3.63, 3.8) is 0 Å². The molecule has 1 aromatic rings. The van der Waals surface area contributed by atoms with Gasteiger partial charge in [0, 0.05) is 50.7 Å². The number of amides is 1. The Morgan fingerprint density at radius 3 is 2.08 bits per heavy atom. The van der Waals surface area contributed by atoms with Crippen LogP contribution in [0.2, 0.25) is 0 Å². The average molecular weight is 885 g/mol. The Morgan fingerprint density at radius 2 is 1.39 bits per heavy atom. The molecule has 8 aliphatic rings.